The van der Waals surface area contributed by atoms with Crippen molar-refractivity contribution >= 4 is 11.6 Å². The number of carbonyl (C=O) groups is 2. The summed E-state index contributed by atoms with van der Waals surface area (Å²) in [7, 11) is 0. The van der Waals surface area contributed by atoms with Gasteiger partial charge in [-0.3, -0.25) is 9.59 Å². The van der Waals surface area contributed by atoms with Gasteiger partial charge in [-0.1, -0.05) is 13.8 Å². The second-order valence-electron chi connectivity index (χ2n) is 3.32. The first-order chi connectivity index (χ1) is 7.08. The van der Waals surface area contributed by atoms with Crippen LogP contribution in [0.4, 0.5) is 0 Å². The standard InChI is InChI=1S/C12H14O3/c1-3-11(14)8-5-9(12(15)4-2)7-10(13)6-8/h5-7,13H,3-4H2,1-2H3. The minimum absolute atomic E-state index is 0.0360. The van der Waals surface area contributed by atoms with Gasteiger partial charge in [0.25, 0.3) is 0 Å². The van der Waals surface area contributed by atoms with E-state index < -0.39 is 0 Å². The quantitative estimate of drug-likeness (QED) is 0.770. The van der Waals surface area contributed by atoms with Gasteiger partial charge in [0.15, 0.2) is 11.6 Å². The van der Waals surface area contributed by atoms with Crippen molar-refractivity contribution < 1.29 is 14.7 Å². The van der Waals surface area contributed by atoms with E-state index >= 15 is 0 Å². The lowest BCUT2D eigenvalue weighted by atomic mass is 10.0. The predicted molar refractivity (Wildman–Crippen MR) is 57.3 cm³/mol. The molecule has 0 aliphatic carbocycles. The molecule has 0 amide bonds. The van der Waals surface area contributed by atoms with Gasteiger partial charge in [0, 0.05) is 24.0 Å². The zero-order valence-corrected chi connectivity index (χ0v) is 8.91. The van der Waals surface area contributed by atoms with Gasteiger partial charge in [0.05, 0.1) is 0 Å². The van der Waals surface area contributed by atoms with Gasteiger partial charge in [-0.05, 0) is 18.2 Å². The van der Waals surface area contributed by atoms with E-state index in [4.69, 9.17) is 0 Å². The summed E-state index contributed by atoms with van der Waals surface area (Å²) < 4.78 is 0. The van der Waals surface area contributed by atoms with Crippen LogP contribution in [0.1, 0.15) is 47.4 Å². The number of Topliss-reactive ketones (excluding diaryl/α,β-unsaturated/α-hetero) is 2. The molecule has 0 heterocycles. The Labute approximate surface area is 88.7 Å². The zero-order chi connectivity index (χ0) is 11.4. The third-order valence-electron chi connectivity index (χ3n) is 2.20. The largest absolute Gasteiger partial charge is 0.508 e. The van der Waals surface area contributed by atoms with Crippen molar-refractivity contribution in [3.63, 3.8) is 0 Å². The van der Waals surface area contributed by atoms with E-state index in [1.54, 1.807) is 13.8 Å². The molecule has 0 aliphatic heterocycles. The number of rotatable bonds is 4. The predicted octanol–water partition coefficient (Wildman–Crippen LogP) is 2.58. The lowest BCUT2D eigenvalue weighted by Gasteiger charge is -2.03. The van der Waals surface area contributed by atoms with Crippen molar-refractivity contribution in [2.75, 3.05) is 0 Å². The minimum Gasteiger partial charge on any atom is -0.508 e. The van der Waals surface area contributed by atoms with Gasteiger partial charge < -0.3 is 5.11 Å². The van der Waals surface area contributed by atoms with Crippen molar-refractivity contribution in [3.8, 4) is 5.75 Å². The molecule has 3 nitrogen and oxygen atoms in total. The normalized spacial score (nSPS) is 10.0. The molecule has 0 saturated carbocycles. The first-order valence-electron chi connectivity index (χ1n) is 4.99. The number of aromatic hydroxyl groups is 1. The van der Waals surface area contributed by atoms with Crippen LogP contribution in [0.25, 0.3) is 0 Å². The fourth-order valence-corrected chi connectivity index (χ4v) is 1.34. The third-order valence-corrected chi connectivity index (χ3v) is 2.20. The van der Waals surface area contributed by atoms with Crippen LogP contribution in [0.3, 0.4) is 0 Å². The highest BCUT2D eigenvalue weighted by Crippen LogP contribution is 2.18. The highest BCUT2D eigenvalue weighted by atomic mass is 16.3. The van der Waals surface area contributed by atoms with Gasteiger partial charge in [0.2, 0.25) is 0 Å². The smallest absolute Gasteiger partial charge is 0.162 e. The third kappa shape index (κ3) is 2.65. The van der Waals surface area contributed by atoms with Gasteiger partial charge in [-0.25, -0.2) is 0 Å². The number of phenolic OH excluding ortho intramolecular Hbond substituents is 1. The summed E-state index contributed by atoms with van der Waals surface area (Å²) in [5.41, 5.74) is 0.795. The molecule has 0 spiro atoms. The van der Waals surface area contributed by atoms with Crippen LogP contribution in [0.15, 0.2) is 18.2 Å². The second-order valence-corrected chi connectivity index (χ2v) is 3.32. The molecular formula is C12H14O3. The van der Waals surface area contributed by atoms with E-state index in [9.17, 15) is 14.7 Å². The molecule has 0 aromatic heterocycles. The Hall–Kier alpha value is -1.64. The SMILES string of the molecule is CCC(=O)c1cc(O)cc(C(=O)CC)c1. The van der Waals surface area contributed by atoms with Crippen LogP contribution in [0, 0.1) is 0 Å². The molecule has 0 aliphatic rings. The number of carbonyl (C=O) groups excluding carboxylic acids is 2. The molecule has 1 aromatic rings. The number of hydrogen-bond donors (Lipinski definition) is 1. The highest BCUT2D eigenvalue weighted by Gasteiger charge is 2.10. The van der Waals surface area contributed by atoms with Gasteiger partial charge >= 0.3 is 0 Å². The number of phenols is 1. The van der Waals surface area contributed by atoms with Crippen LogP contribution >= 0.6 is 0 Å². The molecule has 0 bridgehead atoms. The maximum atomic E-state index is 11.4. The molecule has 1 rings (SSSR count). The first kappa shape index (κ1) is 11.4. The van der Waals surface area contributed by atoms with Crippen LogP contribution in [0.2, 0.25) is 0 Å². The summed E-state index contributed by atoms with van der Waals surface area (Å²) in [6, 6.07) is 4.31. The van der Waals surface area contributed by atoms with Gasteiger partial charge in [-0.2, -0.15) is 0 Å². The van der Waals surface area contributed by atoms with Crippen molar-refractivity contribution in [2.24, 2.45) is 0 Å². The van der Waals surface area contributed by atoms with E-state index in [1.807, 2.05) is 0 Å². The molecule has 0 atom stereocenters. The molecule has 1 N–H and O–H groups in total. The Kier molecular flexibility index (Phi) is 3.61. The molecule has 0 fully saturated rings. The van der Waals surface area contributed by atoms with E-state index in [2.05, 4.69) is 0 Å². The molecule has 0 radical (unpaired) electrons. The average Bonchev–Trinajstić information content (AvgIpc) is 2.26. The maximum absolute atomic E-state index is 11.4. The summed E-state index contributed by atoms with van der Waals surface area (Å²) in [5, 5.41) is 9.38. The van der Waals surface area contributed by atoms with Crippen LogP contribution < -0.4 is 0 Å². The summed E-state index contributed by atoms with van der Waals surface area (Å²) in [6.07, 6.45) is 0.729. The lowest BCUT2D eigenvalue weighted by Crippen LogP contribution is -2.01. The Morgan fingerprint density at radius 3 is 1.73 bits per heavy atom. The van der Waals surface area contributed by atoms with Gasteiger partial charge in [0.1, 0.15) is 5.75 Å². The summed E-state index contributed by atoms with van der Waals surface area (Å²) in [5.74, 6) is -0.182. The fourth-order valence-electron chi connectivity index (χ4n) is 1.34. The van der Waals surface area contributed by atoms with Crippen LogP contribution in [-0.2, 0) is 0 Å². The molecule has 15 heavy (non-hydrogen) atoms. The lowest BCUT2D eigenvalue weighted by molar-refractivity contribution is 0.0987. The topological polar surface area (TPSA) is 54.4 Å². The fraction of sp³-hybridized carbons (Fsp3) is 0.333. The first-order valence-corrected chi connectivity index (χ1v) is 4.99. The van der Waals surface area contributed by atoms with Crippen LogP contribution in [-0.4, -0.2) is 16.7 Å². The zero-order valence-electron chi connectivity index (χ0n) is 8.91. The Morgan fingerprint density at radius 1 is 1.00 bits per heavy atom. The van der Waals surface area contributed by atoms with Crippen LogP contribution in [0.5, 0.6) is 5.75 Å². The molecule has 0 saturated heterocycles. The summed E-state index contributed by atoms with van der Waals surface area (Å²) in [4.78, 5) is 22.8. The highest BCUT2D eigenvalue weighted by molar-refractivity contribution is 6.01. The minimum atomic E-state index is -0.0731. The average molecular weight is 206 g/mol. The maximum Gasteiger partial charge on any atom is 0.162 e. The van der Waals surface area contributed by atoms with Crippen molar-refractivity contribution in [2.45, 2.75) is 26.7 Å². The molecular weight excluding hydrogens is 192 g/mol. The van der Waals surface area contributed by atoms with E-state index in [1.165, 1.54) is 18.2 Å². The number of benzene rings is 1. The molecule has 3 heteroatoms. The summed E-state index contributed by atoms with van der Waals surface area (Å²) in [6.45, 7) is 3.49. The molecule has 80 valence electrons. The molecule has 0 unspecified atom stereocenters. The Bertz CT molecular complexity index is 360. The van der Waals surface area contributed by atoms with E-state index in [-0.39, 0.29) is 17.3 Å². The summed E-state index contributed by atoms with van der Waals surface area (Å²) >= 11 is 0. The van der Waals surface area contributed by atoms with E-state index in [0.29, 0.717) is 24.0 Å². The van der Waals surface area contributed by atoms with Gasteiger partial charge in [-0.15, -0.1) is 0 Å². The number of ketones is 2. The number of hydrogen-bond acceptors (Lipinski definition) is 3. The molecule has 1 aromatic carbocycles. The van der Waals surface area contributed by atoms with E-state index in [0.717, 1.165) is 0 Å². The van der Waals surface area contributed by atoms with Crippen molar-refractivity contribution in [3.05, 3.63) is 29.3 Å². The van der Waals surface area contributed by atoms with Crippen molar-refractivity contribution in [1.82, 2.24) is 0 Å². The second kappa shape index (κ2) is 4.73. The van der Waals surface area contributed by atoms with Crippen molar-refractivity contribution in [1.29, 1.82) is 0 Å². The Balaban J connectivity index is 3.16. The Morgan fingerprint density at radius 2 is 1.40 bits per heavy atom. The monoisotopic (exact) mass is 206 g/mol.